The third-order valence-corrected chi connectivity index (χ3v) is 6.05. The lowest BCUT2D eigenvalue weighted by molar-refractivity contribution is -0.0498. The number of rotatable bonds is 9. The maximum absolute atomic E-state index is 13.8. The van der Waals surface area contributed by atoms with Crippen molar-refractivity contribution in [1.29, 1.82) is 0 Å². The smallest absolute Gasteiger partial charge is 0.387 e. The molecule has 4 aromatic rings. The number of nitrogens with one attached hydrogen (secondary N) is 1. The Bertz CT molecular complexity index is 1590. The van der Waals surface area contributed by atoms with Crippen LogP contribution in [-0.4, -0.2) is 47.4 Å². The van der Waals surface area contributed by atoms with E-state index in [1.54, 1.807) is 13.8 Å². The molecule has 1 aliphatic rings. The molecule has 12 heteroatoms. The van der Waals surface area contributed by atoms with Gasteiger partial charge in [0, 0.05) is 30.4 Å². The van der Waals surface area contributed by atoms with Crippen molar-refractivity contribution in [2.45, 2.75) is 57.9 Å². The second kappa shape index (κ2) is 9.93. The van der Waals surface area contributed by atoms with Crippen LogP contribution in [0.25, 0.3) is 28.1 Å². The number of aromatic nitrogens is 5. The summed E-state index contributed by atoms with van der Waals surface area (Å²) in [6, 6.07) is 8.74. The molecular formula is C26H26F2N6O4. The third kappa shape index (κ3) is 5.70. The number of alkyl halides is 2. The average molecular weight is 525 g/mol. The third-order valence-electron chi connectivity index (χ3n) is 6.05. The molecule has 0 aliphatic heterocycles. The number of anilines is 1. The summed E-state index contributed by atoms with van der Waals surface area (Å²) in [4.78, 5) is 39.7. The lowest BCUT2D eigenvalue weighted by Gasteiger charge is -2.18. The van der Waals surface area contributed by atoms with Gasteiger partial charge in [-0.15, -0.1) is 0 Å². The quantitative estimate of drug-likeness (QED) is 0.342. The molecule has 2 N–H and O–H groups in total. The summed E-state index contributed by atoms with van der Waals surface area (Å²) in [7, 11) is 0. The van der Waals surface area contributed by atoms with Gasteiger partial charge in [-0.2, -0.15) is 13.8 Å². The molecule has 0 bridgehead atoms. The van der Waals surface area contributed by atoms with Crippen LogP contribution in [0.4, 0.5) is 14.7 Å². The van der Waals surface area contributed by atoms with Crippen LogP contribution < -0.4 is 21.2 Å². The van der Waals surface area contributed by atoms with Crippen molar-refractivity contribution < 1.29 is 18.6 Å². The number of halogens is 2. The van der Waals surface area contributed by atoms with Crippen LogP contribution in [0.5, 0.6) is 5.75 Å². The van der Waals surface area contributed by atoms with E-state index in [4.69, 9.17) is 0 Å². The molecule has 0 unspecified atom stereocenters. The summed E-state index contributed by atoms with van der Waals surface area (Å²) in [5, 5.41) is 13.3. The zero-order chi connectivity index (χ0) is 27.0. The van der Waals surface area contributed by atoms with E-state index in [2.05, 4.69) is 25.0 Å². The van der Waals surface area contributed by atoms with Crippen LogP contribution >= 0.6 is 0 Å². The molecule has 0 atom stereocenters. The highest BCUT2D eigenvalue weighted by Gasteiger charge is 2.23. The molecule has 1 aliphatic carbocycles. The zero-order valence-electron chi connectivity index (χ0n) is 20.8. The van der Waals surface area contributed by atoms with Crippen molar-refractivity contribution in [3.8, 4) is 22.7 Å². The summed E-state index contributed by atoms with van der Waals surface area (Å²) < 4.78 is 32.5. The number of hydrogen-bond donors (Lipinski definition) is 2. The number of pyridine rings is 1. The topological polar surface area (TPSA) is 124 Å². The Balaban J connectivity index is 1.65. The summed E-state index contributed by atoms with van der Waals surface area (Å²) >= 11 is 0. The maximum Gasteiger partial charge on any atom is 0.387 e. The number of ether oxygens (including phenoxy) is 1. The first-order valence-electron chi connectivity index (χ1n) is 12.1. The molecular weight excluding hydrogens is 498 g/mol. The van der Waals surface area contributed by atoms with Crippen LogP contribution in [0.3, 0.4) is 0 Å². The maximum atomic E-state index is 13.8. The van der Waals surface area contributed by atoms with Crippen LogP contribution in [0.15, 0.2) is 58.4 Å². The number of aryl methyl sites for hydroxylation is 1. The minimum absolute atomic E-state index is 0.0499. The van der Waals surface area contributed by atoms with Crippen LogP contribution in [0.2, 0.25) is 0 Å². The highest BCUT2D eigenvalue weighted by molar-refractivity contribution is 5.76. The summed E-state index contributed by atoms with van der Waals surface area (Å²) in [6.07, 6.45) is 5.35. The Morgan fingerprint density at radius 2 is 1.87 bits per heavy atom. The lowest BCUT2D eigenvalue weighted by Crippen LogP contribution is -2.27. The summed E-state index contributed by atoms with van der Waals surface area (Å²) in [5.41, 5.74) is -0.438. The van der Waals surface area contributed by atoms with E-state index in [1.165, 1.54) is 57.9 Å². The van der Waals surface area contributed by atoms with Gasteiger partial charge < -0.3 is 19.7 Å². The van der Waals surface area contributed by atoms with E-state index >= 15 is 0 Å². The van der Waals surface area contributed by atoms with E-state index in [-0.39, 0.29) is 35.2 Å². The van der Waals surface area contributed by atoms with E-state index in [9.17, 15) is 23.5 Å². The Kier molecular flexibility index (Phi) is 6.66. The van der Waals surface area contributed by atoms with Gasteiger partial charge in [0.1, 0.15) is 17.0 Å². The Morgan fingerprint density at radius 1 is 1.13 bits per heavy atom. The zero-order valence-corrected chi connectivity index (χ0v) is 20.8. The van der Waals surface area contributed by atoms with Crippen molar-refractivity contribution in [2.24, 2.45) is 0 Å². The number of fused-ring (bicyclic) bond motifs is 1. The molecule has 0 amide bonds. The van der Waals surface area contributed by atoms with E-state index in [1.807, 2.05) is 0 Å². The molecule has 5 rings (SSSR count). The van der Waals surface area contributed by atoms with E-state index in [0.29, 0.717) is 29.1 Å². The number of hydrogen-bond acceptors (Lipinski definition) is 8. The Labute approximate surface area is 215 Å². The highest BCUT2D eigenvalue weighted by atomic mass is 19.3. The number of benzene rings is 1. The fourth-order valence-electron chi connectivity index (χ4n) is 3.90. The molecule has 198 valence electrons. The fraction of sp³-hybridized carbons (Fsp3) is 0.346. The predicted octanol–water partition coefficient (Wildman–Crippen LogP) is 3.34. The molecule has 1 fully saturated rings. The SMILES string of the molecule is CC(C)(O)CCn1cc(-c2nc3cnc(NC4CC4)nc3n(-c3ccc(OC(F)F)cc3)c2=O)ccc1=O. The van der Waals surface area contributed by atoms with Crippen LogP contribution in [-0.2, 0) is 6.54 Å². The molecule has 3 heterocycles. The molecule has 10 nitrogen and oxygen atoms in total. The van der Waals surface area contributed by atoms with Gasteiger partial charge in [-0.25, -0.2) is 9.97 Å². The van der Waals surface area contributed by atoms with Gasteiger partial charge in [0.2, 0.25) is 5.95 Å². The first-order chi connectivity index (χ1) is 18.1. The van der Waals surface area contributed by atoms with Gasteiger partial charge in [0.05, 0.1) is 17.5 Å². The first-order valence-corrected chi connectivity index (χ1v) is 12.1. The molecule has 38 heavy (non-hydrogen) atoms. The van der Waals surface area contributed by atoms with Gasteiger partial charge in [-0.1, -0.05) is 0 Å². The predicted molar refractivity (Wildman–Crippen MR) is 137 cm³/mol. The standard InChI is InChI=1S/C26H26F2N6O4/c1-26(2,37)11-12-33-14-15(3-10-20(33)35)21-23(36)34(17-6-8-18(9-7-17)38-24(27)28)22-19(31-21)13-29-25(32-22)30-16-4-5-16/h3,6-10,13-14,16,24,37H,4-5,11-12H2,1-2H3,(H,29,30,32). The monoisotopic (exact) mass is 524 g/mol. The van der Waals surface area contributed by atoms with Crippen molar-refractivity contribution in [1.82, 2.24) is 24.1 Å². The second-order valence-corrected chi connectivity index (χ2v) is 9.81. The van der Waals surface area contributed by atoms with Crippen molar-refractivity contribution in [3.05, 3.63) is 69.5 Å². The summed E-state index contributed by atoms with van der Waals surface area (Å²) in [5.74, 6) is 0.292. The molecule has 0 saturated heterocycles. The molecule has 0 radical (unpaired) electrons. The number of nitrogens with zero attached hydrogens (tertiary/aromatic N) is 5. The van der Waals surface area contributed by atoms with Gasteiger partial charge in [0.25, 0.3) is 11.1 Å². The molecule has 3 aromatic heterocycles. The van der Waals surface area contributed by atoms with Crippen molar-refractivity contribution in [2.75, 3.05) is 5.32 Å². The average Bonchev–Trinajstić information content (AvgIpc) is 3.67. The number of aliphatic hydroxyl groups is 1. The van der Waals surface area contributed by atoms with Gasteiger partial charge in [0.15, 0.2) is 5.65 Å². The minimum Gasteiger partial charge on any atom is -0.435 e. The van der Waals surface area contributed by atoms with Crippen LogP contribution in [0.1, 0.15) is 33.1 Å². The molecule has 1 aromatic carbocycles. The molecule has 1 saturated carbocycles. The Hall–Kier alpha value is -4.19. The van der Waals surface area contributed by atoms with Gasteiger partial charge >= 0.3 is 6.61 Å². The normalized spacial score (nSPS) is 13.7. The van der Waals surface area contributed by atoms with E-state index in [0.717, 1.165) is 12.8 Å². The van der Waals surface area contributed by atoms with Crippen molar-refractivity contribution >= 4 is 17.1 Å². The highest BCUT2D eigenvalue weighted by Crippen LogP contribution is 2.25. The molecule has 0 spiro atoms. The minimum atomic E-state index is -2.98. The van der Waals surface area contributed by atoms with Crippen LogP contribution in [0, 0.1) is 0 Å². The van der Waals surface area contributed by atoms with Gasteiger partial charge in [-0.05, 0) is 63.4 Å². The fourth-order valence-corrected chi connectivity index (χ4v) is 3.90. The largest absolute Gasteiger partial charge is 0.435 e. The van der Waals surface area contributed by atoms with Crippen molar-refractivity contribution in [3.63, 3.8) is 0 Å². The Morgan fingerprint density at radius 3 is 2.53 bits per heavy atom. The summed E-state index contributed by atoms with van der Waals surface area (Å²) in [6.45, 7) is 0.557. The van der Waals surface area contributed by atoms with Gasteiger partial charge in [-0.3, -0.25) is 14.2 Å². The lowest BCUT2D eigenvalue weighted by atomic mass is 10.1. The van der Waals surface area contributed by atoms with E-state index < -0.39 is 17.8 Å². The first kappa shape index (κ1) is 25.5. The second-order valence-electron chi connectivity index (χ2n) is 9.81.